The van der Waals surface area contributed by atoms with E-state index in [1.807, 2.05) is 0 Å². The Labute approximate surface area is 192 Å². The Hall–Kier alpha value is -3.60. The molecule has 3 heterocycles. The number of likely N-dealkylation sites (tertiary alicyclic amines) is 1. The Balaban J connectivity index is 1.56. The number of hydrogen-bond donors (Lipinski definition) is 4. The van der Waals surface area contributed by atoms with Gasteiger partial charge in [-0.2, -0.15) is 0 Å². The molecule has 0 aliphatic carbocycles. The molecule has 1 saturated heterocycles. The van der Waals surface area contributed by atoms with Crippen LogP contribution >= 0.6 is 11.6 Å². The molecule has 4 N–H and O–H groups in total. The van der Waals surface area contributed by atoms with Crippen molar-refractivity contribution in [3.63, 3.8) is 0 Å². The molecule has 33 heavy (non-hydrogen) atoms. The first kappa shape index (κ1) is 22.6. The van der Waals surface area contributed by atoms with Gasteiger partial charge in [0.2, 0.25) is 5.91 Å². The molecule has 1 aliphatic rings. The van der Waals surface area contributed by atoms with Gasteiger partial charge in [0, 0.05) is 29.5 Å². The van der Waals surface area contributed by atoms with Gasteiger partial charge in [-0.25, -0.2) is 18.7 Å². The summed E-state index contributed by atoms with van der Waals surface area (Å²) in [6.07, 6.45) is 2.80. The average molecular weight is 476 g/mol. The lowest BCUT2D eigenvalue weighted by Gasteiger charge is -2.39. The van der Waals surface area contributed by atoms with Crippen LogP contribution in [0.25, 0.3) is 11.2 Å². The number of alkyl halides is 2. The standard InChI is InChI=1S/C21H20ClF2N7O2/c1-10(20(33)31-8-21(23,24)9-31)29-19(32)13-6-27-18-17(13)30-15(7-28-18)16(25)12-4-3-11(22)5-14(12)26-2/h3-7,10,25-26H,8-9H2,1-2H3,(H,27,28)(H,29,32). The highest BCUT2D eigenvalue weighted by molar-refractivity contribution is 6.31. The second kappa shape index (κ2) is 8.39. The van der Waals surface area contributed by atoms with Gasteiger partial charge in [-0.05, 0) is 25.1 Å². The molecule has 12 heteroatoms. The van der Waals surface area contributed by atoms with Crippen molar-refractivity contribution in [2.24, 2.45) is 0 Å². The zero-order chi connectivity index (χ0) is 23.9. The van der Waals surface area contributed by atoms with E-state index in [4.69, 9.17) is 17.0 Å². The SMILES string of the molecule is CNc1cc(Cl)ccc1C(=N)c1cnc2[nH]cc(C(=O)NC(C)C(=O)N3CC(F)(F)C3)c2n1. The third-order valence-electron chi connectivity index (χ3n) is 5.28. The van der Waals surface area contributed by atoms with Crippen LogP contribution in [0, 0.1) is 5.41 Å². The Morgan fingerprint density at radius 1 is 1.30 bits per heavy atom. The molecule has 2 amide bonds. The van der Waals surface area contributed by atoms with Gasteiger partial charge < -0.3 is 20.5 Å². The van der Waals surface area contributed by atoms with E-state index < -0.39 is 36.9 Å². The molecule has 0 bridgehead atoms. The van der Waals surface area contributed by atoms with Crippen LogP contribution in [0.4, 0.5) is 14.5 Å². The third-order valence-corrected chi connectivity index (χ3v) is 5.51. The maximum atomic E-state index is 13.0. The minimum absolute atomic E-state index is 0.0697. The summed E-state index contributed by atoms with van der Waals surface area (Å²) in [4.78, 5) is 37.5. The molecule has 9 nitrogen and oxygen atoms in total. The number of hydrogen-bond acceptors (Lipinski definition) is 6. The Morgan fingerprint density at radius 3 is 2.70 bits per heavy atom. The number of carbonyl (C=O) groups excluding carboxylic acids is 2. The summed E-state index contributed by atoms with van der Waals surface area (Å²) in [5.41, 5.74) is 2.12. The number of halogens is 3. The van der Waals surface area contributed by atoms with Crippen molar-refractivity contribution in [3.8, 4) is 0 Å². The highest BCUT2D eigenvalue weighted by atomic mass is 35.5. The summed E-state index contributed by atoms with van der Waals surface area (Å²) in [5.74, 6) is -4.09. The summed E-state index contributed by atoms with van der Waals surface area (Å²) in [5, 5.41) is 14.6. The number of carbonyl (C=O) groups is 2. The molecule has 0 radical (unpaired) electrons. The number of amides is 2. The first-order valence-corrected chi connectivity index (χ1v) is 10.4. The van der Waals surface area contributed by atoms with Gasteiger partial charge in [0.25, 0.3) is 11.8 Å². The summed E-state index contributed by atoms with van der Waals surface area (Å²) in [6.45, 7) is 0.114. The smallest absolute Gasteiger partial charge is 0.282 e. The van der Waals surface area contributed by atoms with E-state index >= 15 is 0 Å². The maximum Gasteiger partial charge on any atom is 0.282 e. The van der Waals surface area contributed by atoms with Crippen LogP contribution in [0.5, 0.6) is 0 Å². The highest BCUT2D eigenvalue weighted by Crippen LogP contribution is 2.27. The van der Waals surface area contributed by atoms with Crippen LogP contribution < -0.4 is 10.6 Å². The number of aromatic nitrogens is 3. The van der Waals surface area contributed by atoms with Gasteiger partial charge in [0.05, 0.1) is 30.6 Å². The number of fused-ring (bicyclic) bond motifs is 1. The topological polar surface area (TPSA) is 127 Å². The second-order valence-electron chi connectivity index (χ2n) is 7.72. The molecular formula is C21H20ClF2N7O2. The maximum absolute atomic E-state index is 13.0. The second-order valence-corrected chi connectivity index (χ2v) is 8.15. The number of anilines is 1. The largest absolute Gasteiger partial charge is 0.388 e. The predicted octanol–water partition coefficient (Wildman–Crippen LogP) is 2.66. The van der Waals surface area contributed by atoms with Gasteiger partial charge in [0.1, 0.15) is 17.3 Å². The zero-order valence-electron chi connectivity index (χ0n) is 17.7. The summed E-state index contributed by atoms with van der Waals surface area (Å²) in [6, 6.07) is 4.01. The van der Waals surface area contributed by atoms with Crippen molar-refractivity contribution in [1.82, 2.24) is 25.2 Å². The van der Waals surface area contributed by atoms with Gasteiger partial charge >= 0.3 is 0 Å². The highest BCUT2D eigenvalue weighted by Gasteiger charge is 2.47. The van der Waals surface area contributed by atoms with E-state index in [1.54, 1.807) is 25.2 Å². The first-order valence-electron chi connectivity index (χ1n) is 9.98. The summed E-state index contributed by atoms with van der Waals surface area (Å²) in [7, 11) is 1.70. The lowest BCUT2D eigenvalue weighted by Crippen LogP contribution is -2.62. The van der Waals surface area contributed by atoms with Crippen LogP contribution in [0.1, 0.15) is 28.5 Å². The minimum atomic E-state index is -2.88. The number of rotatable bonds is 6. The Kier molecular flexibility index (Phi) is 5.75. The van der Waals surface area contributed by atoms with Crippen molar-refractivity contribution < 1.29 is 18.4 Å². The van der Waals surface area contributed by atoms with E-state index in [9.17, 15) is 18.4 Å². The van der Waals surface area contributed by atoms with Crippen LogP contribution in [-0.4, -0.2) is 69.5 Å². The number of nitrogens with one attached hydrogen (secondary N) is 4. The fourth-order valence-corrected chi connectivity index (χ4v) is 3.71. The zero-order valence-corrected chi connectivity index (χ0v) is 18.4. The van der Waals surface area contributed by atoms with E-state index in [-0.39, 0.29) is 22.5 Å². The number of H-pyrrole nitrogens is 1. The molecule has 1 atom stereocenters. The van der Waals surface area contributed by atoms with Crippen LogP contribution in [-0.2, 0) is 4.79 Å². The van der Waals surface area contributed by atoms with Crippen molar-refractivity contribution >= 4 is 46.0 Å². The van der Waals surface area contributed by atoms with Gasteiger partial charge in [0.15, 0.2) is 5.65 Å². The lowest BCUT2D eigenvalue weighted by molar-refractivity contribution is -0.167. The quantitative estimate of drug-likeness (QED) is 0.408. The number of benzene rings is 1. The fraction of sp³-hybridized carbons (Fsp3) is 0.286. The molecule has 1 aliphatic heterocycles. The van der Waals surface area contributed by atoms with Gasteiger partial charge in [-0.1, -0.05) is 11.6 Å². The monoisotopic (exact) mass is 475 g/mol. The van der Waals surface area contributed by atoms with Crippen LogP contribution in [0.2, 0.25) is 5.02 Å². The third kappa shape index (κ3) is 4.36. The summed E-state index contributed by atoms with van der Waals surface area (Å²) < 4.78 is 26.1. The molecular weight excluding hydrogens is 456 g/mol. The van der Waals surface area contributed by atoms with Crippen molar-refractivity contribution in [1.29, 1.82) is 5.41 Å². The normalized spacial score (nSPS) is 15.6. The molecule has 1 unspecified atom stereocenters. The van der Waals surface area contributed by atoms with Gasteiger partial charge in [-0.15, -0.1) is 0 Å². The molecule has 1 aromatic carbocycles. The molecule has 0 spiro atoms. The van der Waals surface area contributed by atoms with E-state index in [1.165, 1.54) is 19.3 Å². The van der Waals surface area contributed by atoms with Crippen molar-refractivity contribution in [2.45, 2.75) is 18.9 Å². The Bertz CT molecular complexity index is 1270. The fourth-order valence-electron chi connectivity index (χ4n) is 3.54. The number of nitrogens with zero attached hydrogens (tertiary/aromatic N) is 3. The average Bonchev–Trinajstić information content (AvgIpc) is 3.19. The summed E-state index contributed by atoms with van der Waals surface area (Å²) >= 11 is 6.02. The lowest BCUT2D eigenvalue weighted by atomic mass is 10.1. The van der Waals surface area contributed by atoms with Crippen molar-refractivity contribution in [3.05, 3.63) is 52.4 Å². The first-order chi connectivity index (χ1) is 15.6. The van der Waals surface area contributed by atoms with Crippen LogP contribution in [0.3, 0.4) is 0 Å². The molecule has 2 aromatic heterocycles. The number of aromatic amines is 1. The Morgan fingerprint density at radius 2 is 2.03 bits per heavy atom. The molecule has 4 rings (SSSR count). The minimum Gasteiger partial charge on any atom is -0.388 e. The molecule has 3 aromatic rings. The van der Waals surface area contributed by atoms with Crippen molar-refractivity contribution in [2.75, 3.05) is 25.5 Å². The van der Waals surface area contributed by atoms with E-state index in [0.29, 0.717) is 21.9 Å². The predicted molar refractivity (Wildman–Crippen MR) is 119 cm³/mol. The molecule has 172 valence electrons. The van der Waals surface area contributed by atoms with Crippen LogP contribution in [0.15, 0.2) is 30.6 Å². The molecule has 1 fully saturated rings. The van der Waals surface area contributed by atoms with Gasteiger partial charge in [-0.3, -0.25) is 15.0 Å². The molecule has 0 saturated carbocycles. The van der Waals surface area contributed by atoms with E-state index in [0.717, 1.165) is 4.90 Å². The van der Waals surface area contributed by atoms with E-state index in [2.05, 4.69) is 25.6 Å².